The Balaban J connectivity index is 2.14. The van der Waals surface area contributed by atoms with Crippen molar-refractivity contribution in [3.05, 3.63) is 52.4 Å². The highest BCUT2D eigenvalue weighted by molar-refractivity contribution is 9.10. The third-order valence-electron chi connectivity index (χ3n) is 2.36. The summed E-state index contributed by atoms with van der Waals surface area (Å²) >= 11 is 3.19. The molecule has 96 valence electrons. The molecule has 1 unspecified atom stereocenters. The molecule has 0 saturated heterocycles. The molecule has 18 heavy (non-hydrogen) atoms. The summed E-state index contributed by atoms with van der Waals surface area (Å²) < 4.78 is 34.1. The maximum Gasteiger partial charge on any atom is 0.387 e. The summed E-state index contributed by atoms with van der Waals surface area (Å²) in [7, 11) is 0. The van der Waals surface area contributed by atoms with Crippen LogP contribution in [-0.2, 0) is 0 Å². The zero-order valence-electron chi connectivity index (χ0n) is 9.15. The number of rotatable bonds is 4. The van der Waals surface area contributed by atoms with E-state index in [1.165, 1.54) is 12.1 Å². The average Bonchev–Trinajstić information content (AvgIpc) is 2.75. The molecule has 1 atom stereocenters. The molecule has 1 aromatic carbocycles. The van der Waals surface area contributed by atoms with Gasteiger partial charge in [-0.25, -0.2) is 0 Å². The molecule has 2 aromatic rings. The third kappa shape index (κ3) is 3.08. The van der Waals surface area contributed by atoms with E-state index in [9.17, 15) is 8.78 Å². The number of hydrogen-bond acceptors (Lipinski definition) is 3. The molecule has 0 aliphatic carbocycles. The minimum absolute atomic E-state index is 0.0987. The summed E-state index contributed by atoms with van der Waals surface area (Å²) in [6, 6.07) is 9.18. The average molecular weight is 318 g/mol. The third-order valence-corrected chi connectivity index (χ3v) is 2.79. The maximum absolute atomic E-state index is 12.0. The molecule has 0 aliphatic rings. The first-order valence-corrected chi connectivity index (χ1v) is 5.91. The Bertz CT molecular complexity index is 513. The molecular weight excluding hydrogens is 308 g/mol. The van der Waals surface area contributed by atoms with Crippen molar-refractivity contribution in [2.75, 3.05) is 0 Å². The van der Waals surface area contributed by atoms with E-state index in [0.29, 0.717) is 10.4 Å². The first kappa shape index (κ1) is 13.0. The van der Waals surface area contributed by atoms with Gasteiger partial charge in [-0.15, -0.1) is 0 Å². The van der Waals surface area contributed by atoms with E-state index in [-0.39, 0.29) is 5.75 Å². The van der Waals surface area contributed by atoms with Crippen LogP contribution in [0.1, 0.15) is 17.4 Å². The van der Waals surface area contributed by atoms with Crippen molar-refractivity contribution in [1.82, 2.24) is 0 Å². The van der Waals surface area contributed by atoms with Crippen molar-refractivity contribution in [1.29, 1.82) is 0 Å². The zero-order valence-corrected chi connectivity index (χ0v) is 10.7. The van der Waals surface area contributed by atoms with Crippen LogP contribution in [0.4, 0.5) is 8.78 Å². The lowest BCUT2D eigenvalue weighted by molar-refractivity contribution is -0.0498. The Morgan fingerprint density at radius 2 is 1.78 bits per heavy atom. The van der Waals surface area contributed by atoms with Gasteiger partial charge in [0.2, 0.25) is 0 Å². The minimum atomic E-state index is -2.83. The molecule has 2 rings (SSSR count). The molecule has 0 spiro atoms. The highest BCUT2D eigenvalue weighted by atomic mass is 79.9. The van der Waals surface area contributed by atoms with Crippen molar-refractivity contribution in [2.24, 2.45) is 5.73 Å². The summed E-state index contributed by atoms with van der Waals surface area (Å²) in [5, 5.41) is 0. The molecule has 1 heterocycles. The van der Waals surface area contributed by atoms with Gasteiger partial charge in [0.15, 0.2) is 4.67 Å². The van der Waals surface area contributed by atoms with Gasteiger partial charge in [-0.1, -0.05) is 12.1 Å². The first-order chi connectivity index (χ1) is 8.56. The Morgan fingerprint density at radius 1 is 1.11 bits per heavy atom. The summed E-state index contributed by atoms with van der Waals surface area (Å²) in [6.07, 6.45) is 0. The number of halogens is 3. The fourth-order valence-corrected chi connectivity index (χ4v) is 1.84. The van der Waals surface area contributed by atoms with E-state index in [4.69, 9.17) is 10.2 Å². The van der Waals surface area contributed by atoms with Crippen molar-refractivity contribution >= 4 is 15.9 Å². The Labute approximate surface area is 111 Å². The fourth-order valence-electron chi connectivity index (χ4n) is 1.52. The molecule has 0 bridgehead atoms. The van der Waals surface area contributed by atoms with Crippen LogP contribution < -0.4 is 10.5 Å². The van der Waals surface area contributed by atoms with Crippen LogP contribution in [0.3, 0.4) is 0 Å². The molecule has 0 aliphatic heterocycles. The second-order valence-electron chi connectivity index (χ2n) is 3.57. The molecule has 0 saturated carbocycles. The molecule has 6 heteroatoms. The van der Waals surface area contributed by atoms with Crippen molar-refractivity contribution in [3.8, 4) is 5.75 Å². The van der Waals surface area contributed by atoms with E-state index in [0.717, 1.165) is 5.56 Å². The van der Waals surface area contributed by atoms with E-state index in [2.05, 4.69) is 20.7 Å². The fraction of sp³-hybridized carbons (Fsp3) is 0.167. The minimum Gasteiger partial charge on any atom is -0.452 e. The lowest BCUT2D eigenvalue weighted by Gasteiger charge is -2.10. The quantitative estimate of drug-likeness (QED) is 0.935. The Kier molecular flexibility index (Phi) is 3.98. The predicted molar refractivity (Wildman–Crippen MR) is 65.5 cm³/mol. The standard InChI is InChI=1S/C12H10BrF2NO2/c13-10-6-5-9(18-10)11(16)7-1-3-8(4-2-7)17-12(14)15/h1-6,11-12H,16H2. The molecular formula is C12H10BrF2NO2. The summed E-state index contributed by atoms with van der Waals surface area (Å²) in [5.41, 5.74) is 6.73. The molecule has 3 nitrogen and oxygen atoms in total. The lowest BCUT2D eigenvalue weighted by atomic mass is 10.1. The SMILES string of the molecule is NC(c1ccc(OC(F)F)cc1)c1ccc(Br)o1. The largest absolute Gasteiger partial charge is 0.452 e. The smallest absolute Gasteiger partial charge is 0.387 e. The number of hydrogen-bond donors (Lipinski definition) is 1. The highest BCUT2D eigenvalue weighted by Gasteiger charge is 2.13. The van der Waals surface area contributed by atoms with Crippen LogP contribution in [0.25, 0.3) is 0 Å². The number of alkyl halides is 2. The number of ether oxygens (including phenoxy) is 1. The number of benzene rings is 1. The van der Waals surface area contributed by atoms with Gasteiger partial charge in [-0.2, -0.15) is 8.78 Å². The van der Waals surface area contributed by atoms with Gasteiger partial charge in [0.1, 0.15) is 11.5 Å². The van der Waals surface area contributed by atoms with Crippen LogP contribution in [0.5, 0.6) is 5.75 Å². The van der Waals surface area contributed by atoms with Crippen molar-refractivity contribution in [2.45, 2.75) is 12.7 Å². The summed E-state index contributed by atoms with van der Waals surface area (Å²) in [4.78, 5) is 0. The first-order valence-electron chi connectivity index (χ1n) is 5.12. The second-order valence-corrected chi connectivity index (χ2v) is 4.35. The van der Waals surface area contributed by atoms with Gasteiger partial charge in [-0.05, 0) is 45.8 Å². The maximum atomic E-state index is 12.0. The van der Waals surface area contributed by atoms with Crippen LogP contribution in [0.2, 0.25) is 0 Å². The van der Waals surface area contributed by atoms with Gasteiger partial charge < -0.3 is 14.9 Å². The summed E-state index contributed by atoms with van der Waals surface area (Å²) in [5.74, 6) is 0.686. The van der Waals surface area contributed by atoms with Crippen molar-refractivity contribution in [3.63, 3.8) is 0 Å². The van der Waals surface area contributed by atoms with Crippen LogP contribution in [0, 0.1) is 0 Å². The predicted octanol–water partition coefficient (Wildman–Crippen LogP) is 3.69. The van der Waals surface area contributed by atoms with Crippen LogP contribution >= 0.6 is 15.9 Å². The molecule has 0 amide bonds. The highest BCUT2D eigenvalue weighted by Crippen LogP contribution is 2.25. The van der Waals surface area contributed by atoms with E-state index in [1.807, 2.05) is 0 Å². The van der Waals surface area contributed by atoms with Crippen LogP contribution in [0.15, 0.2) is 45.5 Å². The topological polar surface area (TPSA) is 48.4 Å². The molecule has 2 N–H and O–H groups in total. The molecule has 0 fully saturated rings. The molecule has 0 radical (unpaired) electrons. The lowest BCUT2D eigenvalue weighted by Crippen LogP contribution is -2.11. The van der Waals surface area contributed by atoms with Gasteiger partial charge in [0.25, 0.3) is 0 Å². The Hall–Kier alpha value is -1.40. The van der Waals surface area contributed by atoms with E-state index in [1.54, 1.807) is 24.3 Å². The number of nitrogens with two attached hydrogens (primary N) is 1. The monoisotopic (exact) mass is 317 g/mol. The van der Waals surface area contributed by atoms with E-state index < -0.39 is 12.7 Å². The van der Waals surface area contributed by atoms with E-state index >= 15 is 0 Å². The van der Waals surface area contributed by atoms with Gasteiger partial charge in [-0.3, -0.25) is 0 Å². The second kappa shape index (κ2) is 5.49. The van der Waals surface area contributed by atoms with Gasteiger partial charge in [0, 0.05) is 0 Å². The van der Waals surface area contributed by atoms with Gasteiger partial charge >= 0.3 is 6.61 Å². The number of furan rings is 1. The zero-order chi connectivity index (χ0) is 13.1. The summed E-state index contributed by atoms with van der Waals surface area (Å²) in [6.45, 7) is -2.83. The van der Waals surface area contributed by atoms with Crippen molar-refractivity contribution < 1.29 is 17.9 Å². The molecule has 1 aromatic heterocycles. The normalized spacial score (nSPS) is 12.7. The Morgan fingerprint density at radius 3 is 2.28 bits per heavy atom. The van der Waals surface area contributed by atoms with Crippen LogP contribution in [-0.4, -0.2) is 6.61 Å². The van der Waals surface area contributed by atoms with Gasteiger partial charge in [0.05, 0.1) is 6.04 Å².